The van der Waals surface area contributed by atoms with Gasteiger partial charge in [-0.1, -0.05) is 36.0 Å². The monoisotopic (exact) mass is 405 g/mol. The van der Waals surface area contributed by atoms with E-state index in [1.807, 2.05) is 37.3 Å². The molecule has 1 unspecified atom stereocenters. The quantitative estimate of drug-likeness (QED) is 0.743. The van der Waals surface area contributed by atoms with Gasteiger partial charge in [-0.25, -0.2) is 0 Å². The van der Waals surface area contributed by atoms with E-state index in [2.05, 4.69) is 36.1 Å². The molecule has 1 amide bonds. The summed E-state index contributed by atoms with van der Waals surface area (Å²) in [5.74, 6) is 1.37. The van der Waals surface area contributed by atoms with Crippen molar-refractivity contribution in [2.75, 3.05) is 24.1 Å². The van der Waals surface area contributed by atoms with Gasteiger partial charge in [0.2, 0.25) is 5.91 Å². The molecule has 2 aliphatic heterocycles. The van der Waals surface area contributed by atoms with Gasteiger partial charge in [0.25, 0.3) is 0 Å². The van der Waals surface area contributed by atoms with Crippen LogP contribution in [0.25, 0.3) is 0 Å². The van der Waals surface area contributed by atoms with E-state index >= 15 is 0 Å². The smallest absolute Gasteiger partial charge is 0.229 e. The number of thioether (sulfide) groups is 1. The van der Waals surface area contributed by atoms with Gasteiger partial charge >= 0.3 is 0 Å². The van der Waals surface area contributed by atoms with Gasteiger partial charge in [0, 0.05) is 18.0 Å². The van der Waals surface area contributed by atoms with E-state index < -0.39 is 0 Å². The SMILES string of the molecule is CCOc1ccc(C2CC(=O)N3CN(c4cccc(C)c4)CSC3=C2C#N)cc1. The highest BCUT2D eigenvalue weighted by Crippen LogP contribution is 2.43. The van der Waals surface area contributed by atoms with Crippen molar-refractivity contribution in [3.05, 3.63) is 70.3 Å². The molecule has 0 N–H and O–H groups in total. The summed E-state index contributed by atoms with van der Waals surface area (Å²) in [5.41, 5.74) is 3.94. The van der Waals surface area contributed by atoms with E-state index in [1.54, 1.807) is 16.7 Å². The van der Waals surface area contributed by atoms with Crippen LogP contribution in [-0.2, 0) is 4.79 Å². The molecule has 0 saturated carbocycles. The van der Waals surface area contributed by atoms with Crippen molar-refractivity contribution in [1.29, 1.82) is 5.26 Å². The highest BCUT2D eigenvalue weighted by molar-refractivity contribution is 8.03. The molecule has 4 rings (SSSR count). The molecule has 2 aromatic rings. The number of hydrogen-bond acceptors (Lipinski definition) is 5. The number of rotatable bonds is 4. The third-order valence-corrected chi connectivity index (χ3v) is 6.41. The van der Waals surface area contributed by atoms with Crippen molar-refractivity contribution in [3.8, 4) is 11.8 Å². The van der Waals surface area contributed by atoms with E-state index in [9.17, 15) is 10.1 Å². The Morgan fingerprint density at radius 2 is 2.03 bits per heavy atom. The van der Waals surface area contributed by atoms with Gasteiger partial charge < -0.3 is 9.64 Å². The summed E-state index contributed by atoms with van der Waals surface area (Å²) >= 11 is 1.57. The fourth-order valence-corrected chi connectivity index (χ4v) is 4.97. The lowest BCUT2D eigenvalue weighted by atomic mass is 9.86. The summed E-state index contributed by atoms with van der Waals surface area (Å²) in [6.45, 7) is 5.09. The minimum atomic E-state index is -0.201. The number of anilines is 1. The lowest BCUT2D eigenvalue weighted by Crippen LogP contribution is -2.47. The van der Waals surface area contributed by atoms with Gasteiger partial charge in [-0.15, -0.1) is 0 Å². The summed E-state index contributed by atoms with van der Waals surface area (Å²) < 4.78 is 5.51. The van der Waals surface area contributed by atoms with Crippen LogP contribution in [0.4, 0.5) is 5.69 Å². The molecule has 0 aromatic heterocycles. The number of allylic oxidation sites excluding steroid dienone is 1. The second-order valence-electron chi connectivity index (χ2n) is 7.20. The fourth-order valence-electron chi connectivity index (χ4n) is 3.80. The van der Waals surface area contributed by atoms with Gasteiger partial charge in [0.1, 0.15) is 5.75 Å². The molecule has 29 heavy (non-hydrogen) atoms. The predicted octanol–water partition coefficient (Wildman–Crippen LogP) is 4.61. The summed E-state index contributed by atoms with van der Waals surface area (Å²) in [4.78, 5) is 16.9. The topological polar surface area (TPSA) is 56.6 Å². The Morgan fingerprint density at radius 1 is 1.24 bits per heavy atom. The number of fused-ring (bicyclic) bond motifs is 1. The average molecular weight is 406 g/mol. The number of benzene rings is 2. The van der Waals surface area contributed by atoms with E-state index in [0.29, 0.717) is 31.1 Å². The van der Waals surface area contributed by atoms with Crippen LogP contribution in [-0.4, -0.2) is 30.0 Å². The largest absolute Gasteiger partial charge is 0.494 e. The Hall–Kier alpha value is -2.91. The highest BCUT2D eigenvalue weighted by atomic mass is 32.2. The van der Waals surface area contributed by atoms with E-state index in [4.69, 9.17) is 4.74 Å². The summed E-state index contributed by atoms with van der Waals surface area (Å²) in [7, 11) is 0. The van der Waals surface area contributed by atoms with Crippen molar-refractivity contribution in [3.63, 3.8) is 0 Å². The third kappa shape index (κ3) is 3.83. The number of nitrogens with zero attached hydrogens (tertiary/aromatic N) is 3. The standard InChI is InChI=1S/C23H23N3O2S/c1-3-28-19-9-7-17(8-10-19)20-12-22(27)26-14-25(15-29-23(26)21(20)13-24)18-6-4-5-16(2)11-18/h4-11,20H,3,12,14-15H2,1-2H3. The van der Waals surface area contributed by atoms with Gasteiger partial charge in [0.15, 0.2) is 0 Å². The first kappa shape index (κ1) is 19.4. The molecule has 148 valence electrons. The lowest BCUT2D eigenvalue weighted by molar-refractivity contribution is -0.129. The molecule has 2 aliphatic rings. The van der Waals surface area contributed by atoms with Crippen LogP contribution in [0.3, 0.4) is 0 Å². The van der Waals surface area contributed by atoms with Crippen LogP contribution in [0.2, 0.25) is 0 Å². The number of carbonyl (C=O) groups is 1. The first-order valence-corrected chi connectivity index (χ1v) is 10.7. The fraction of sp³-hybridized carbons (Fsp3) is 0.304. The van der Waals surface area contributed by atoms with E-state index in [0.717, 1.165) is 22.0 Å². The number of aryl methyl sites for hydroxylation is 1. The Morgan fingerprint density at radius 3 is 2.72 bits per heavy atom. The van der Waals surface area contributed by atoms with Gasteiger partial charge in [-0.05, 0) is 49.2 Å². The Kier molecular flexibility index (Phi) is 5.50. The number of hydrogen-bond donors (Lipinski definition) is 0. The number of ether oxygens (including phenoxy) is 1. The molecule has 0 radical (unpaired) electrons. The molecule has 1 atom stereocenters. The second-order valence-corrected chi connectivity index (χ2v) is 8.14. The van der Waals surface area contributed by atoms with Gasteiger partial charge in [-0.3, -0.25) is 9.69 Å². The molecule has 1 fully saturated rings. The van der Waals surface area contributed by atoms with Crippen molar-refractivity contribution >= 4 is 23.4 Å². The van der Waals surface area contributed by atoms with Crippen LogP contribution < -0.4 is 9.64 Å². The van der Waals surface area contributed by atoms with Crippen LogP contribution in [0, 0.1) is 18.3 Å². The summed E-state index contributed by atoms with van der Waals surface area (Å²) in [6.07, 6.45) is 0.308. The Bertz CT molecular complexity index is 994. The van der Waals surface area contributed by atoms with Crippen LogP contribution >= 0.6 is 11.8 Å². The zero-order valence-corrected chi connectivity index (χ0v) is 17.4. The van der Waals surface area contributed by atoms with Crippen molar-refractivity contribution in [1.82, 2.24) is 4.90 Å². The van der Waals surface area contributed by atoms with Gasteiger partial charge in [-0.2, -0.15) is 5.26 Å². The zero-order chi connectivity index (χ0) is 20.4. The van der Waals surface area contributed by atoms with Crippen LogP contribution in [0.1, 0.15) is 30.4 Å². The highest BCUT2D eigenvalue weighted by Gasteiger charge is 2.38. The number of nitriles is 1. The molecular formula is C23H23N3O2S. The zero-order valence-electron chi connectivity index (χ0n) is 16.6. The molecule has 6 heteroatoms. The molecule has 5 nitrogen and oxygen atoms in total. The first-order valence-electron chi connectivity index (χ1n) is 9.72. The maximum Gasteiger partial charge on any atom is 0.229 e. The first-order chi connectivity index (χ1) is 14.1. The second kappa shape index (κ2) is 8.22. The minimum Gasteiger partial charge on any atom is -0.494 e. The molecular weight excluding hydrogens is 382 g/mol. The molecule has 1 saturated heterocycles. The maximum atomic E-state index is 13.0. The van der Waals surface area contributed by atoms with E-state index in [1.165, 1.54) is 5.56 Å². The Balaban J connectivity index is 1.62. The van der Waals surface area contributed by atoms with Gasteiger partial charge in [0.05, 0.1) is 35.8 Å². The molecule has 2 aromatic carbocycles. The summed E-state index contributed by atoms with van der Waals surface area (Å²) in [6, 6.07) is 18.4. The molecule has 0 bridgehead atoms. The third-order valence-electron chi connectivity index (χ3n) is 5.25. The average Bonchev–Trinajstić information content (AvgIpc) is 2.74. The maximum absolute atomic E-state index is 13.0. The molecule has 0 spiro atoms. The Labute approximate surface area is 175 Å². The van der Waals surface area contributed by atoms with Crippen LogP contribution in [0.15, 0.2) is 59.1 Å². The summed E-state index contributed by atoms with van der Waals surface area (Å²) in [5, 5.41) is 10.7. The normalized spacial score (nSPS) is 19.1. The number of carbonyl (C=O) groups excluding carboxylic acids is 1. The van der Waals surface area contributed by atoms with E-state index in [-0.39, 0.29) is 11.8 Å². The predicted molar refractivity (Wildman–Crippen MR) is 115 cm³/mol. The lowest BCUT2D eigenvalue weighted by Gasteiger charge is -2.42. The van der Waals surface area contributed by atoms with Crippen LogP contribution in [0.5, 0.6) is 5.75 Å². The van der Waals surface area contributed by atoms with Crippen molar-refractivity contribution in [2.45, 2.75) is 26.2 Å². The molecule has 2 heterocycles. The van der Waals surface area contributed by atoms with Crippen molar-refractivity contribution in [2.24, 2.45) is 0 Å². The minimum absolute atomic E-state index is 0.0581. The van der Waals surface area contributed by atoms with Crippen molar-refractivity contribution < 1.29 is 9.53 Å². The number of amides is 1. The molecule has 0 aliphatic carbocycles.